The fraction of sp³-hybridized carbons (Fsp3) is 0.611. The minimum atomic E-state index is 0.278. The lowest BCUT2D eigenvalue weighted by Gasteiger charge is -2.33. The van der Waals surface area contributed by atoms with Gasteiger partial charge in [-0.3, -0.25) is 4.79 Å². The van der Waals surface area contributed by atoms with Crippen LogP contribution in [-0.2, 0) is 4.79 Å². The molecule has 4 nitrogen and oxygen atoms in total. The van der Waals surface area contributed by atoms with Gasteiger partial charge in [0.1, 0.15) is 5.75 Å². The quantitative estimate of drug-likeness (QED) is 0.850. The average Bonchev–Trinajstić information content (AvgIpc) is 2.48. The summed E-state index contributed by atoms with van der Waals surface area (Å²) in [5.41, 5.74) is 7.66. The molecule has 1 saturated heterocycles. The van der Waals surface area contributed by atoms with Gasteiger partial charge >= 0.3 is 0 Å². The van der Waals surface area contributed by atoms with Gasteiger partial charge in [0.2, 0.25) is 5.91 Å². The van der Waals surface area contributed by atoms with Gasteiger partial charge in [0, 0.05) is 36.7 Å². The predicted octanol–water partition coefficient (Wildman–Crippen LogP) is 3.24. The van der Waals surface area contributed by atoms with E-state index < -0.39 is 0 Å². The highest BCUT2D eigenvalue weighted by Crippen LogP contribution is 2.25. The summed E-state index contributed by atoms with van der Waals surface area (Å²) in [7, 11) is 0. The Bertz CT molecular complexity index is 514. The molecule has 1 heterocycles. The van der Waals surface area contributed by atoms with Crippen LogP contribution in [0.3, 0.4) is 0 Å². The zero-order valence-electron chi connectivity index (χ0n) is 14.0. The fourth-order valence-electron chi connectivity index (χ4n) is 2.90. The highest BCUT2D eigenvalue weighted by molar-refractivity contribution is 5.76. The van der Waals surface area contributed by atoms with E-state index in [0.29, 0.717) is 24.9 Å². The second-order valence-corrected chi connectivity index (χ2v) is 6.73. The van der Waals surface area contributed by atoms with Crippen molar-refractivity contribution in [2.75, 3.05) is 25.4 Å². The summed E-state index contributed by atoms with van der Waals surface area (Å²) >= 11 is 0. The molecule has 2 rings (SSSR count). The van der Waals surface area contributed by atoms with Gasteiger partial charge in [-0.25, -0.2) is 0 Å². The van der Waals surface area contributed by atoms with Gasteiger partial charge in [0.05, 0.1) is 6.61 Å². The summed E-state index contributed by atoms with van der Waals surface area (Å²) in [5, 5.41) is 0. The first-order valence-electron chi connectivity index (χ1n) is 8.23. The van der Waals surface area contributed by atoms with Crippen molar-refractivity contribution in [3.63, 3.8) is 0 Å². The monoisotopic (exact) mass is 304 g/mol. The molecule has 2 N–H and O–H groups in total. The van der Waals surface area contributed by atoms with Crippen LogP contribution in [0.2, 0.25) is 0 Å². The van der Waals surface area contributed by atoms with E-state index in [9.17, 15) is 4.79 Å². The van der Waals surface area contributed by atoms with Crippen molar-refractivity contribution >= 4 is 11.6 Å². The zero-order chi connectivity index (χ0) is 16.1. The Balaban J connectivity index is 1.88. The van der Waals surface area contributed by atoms with E-state index in [0.717, 1.165) is 42.9 Å². The van der Waals surface area contributed by atoms with Gasteiger partial charge in [-0.1, -0.05) is 19.9 Å². The molecule has 1 aliphatic rings. The van der Waals surface area contributed by atoms with Crippen LogP contribution in [0.1, 0.15) is 38.7 Å². The number of carbonyl (C=O) groups excluding carboxylic acids is 1. The van der Waals surface area contributed by atoms with Crippen molar-refractivity contribution in [2.45, 2.75) is 40.0 Å². The number of nitrogens with zero attached hydrogens (tertiary/aromatic N) is 1. The lowest BCUT2D eigenvalue weighted by Crippen LogP contribution is -2.41. The molecule has 1 unspecified atom stereocenters. The normalized spacial score (nSPS) is 18.5. The summed E-state index contributed by atoms with van der Waals surface area (Å²) in [6, 6.07) is 5.75. The number of nitrogens with two attached hydrogens (primary N) is 1. The average molecular weight is 304 g/mol. The van der Waals surface area contributed by atoms with E-state index in [-0.39, 0.29) is 5.91 Å². The second kappa shape index (κ2) is 7.52. The number of ether oxygens (including phenoxy) is 1. The minimum absolute atomic E-state index is 0.278. The molecule has 1 fully saturated rings. The molecule has 0 spiro atoms. The van der Waals surface area contributed by atoms with Crippen LogP contribution in [0, 0.1) is 18.8 Å². The minimum Gasteiger partial charge on any atom is -0.493 e. The van der Waals surface area contributed by atoms with E-state index in [1.807, 2.05) is 30.0 Å². The van der Waals surface area contributed by atoms with Crippen molar-refractivity contribution in [1.82, 2.24) is 4.90 Å². The molecule has 1 aromatic rings. The van der Waals surface area contributed by atoms with Crippen LogP contribution in [0.5, 0.6) is 5.75 Å². The molecule has 1 aromatic carbocycles. The van der Waals surface area contributed by atoms with Crippen LogP contribution in [-0.4, -0.2) is 30.5 Å². The summed E-state index contributed by atoms with van der Waals surface area (Å²) in [5.74, 6) is 1.95. The summed E-state index contributed by atoms with van der Waals surface area (Å²) < 4.78 is 5.95. The predicted molar refractivity (Wildman–Crippen MR) is 89.8 cm³/mol. The molecular weight excluding hydrogens is 276 g/mol. The molecule has 0 aromatic heterocycles. The van der Waals surface area contributed by atoms with Crippen LogP contribution in [0.25, 0.3) is 0 Å². The third kappa shape index (κ3) is 4.39. The number of nitrogen functional groups attached to an aromatic ring is 1. The number of likely N-dealkylation sites (tertiary alicyclic amines) is 1. The number of amides is 1. The standard InChI is InChI=1S/C18H28N2O2/c1-13(2)10-18(21)20-9-5-6-15(11-20)12-22-17-8-4-7-16(19)14(17)3/h4,7-8,13,15H,5-6,9-12,19H2,1-3H3. The number of hydrogen-bond acceptors (Lipinski definition) is 3. The lowest BCUT2D eigenvalue weighted by atomic mass is 9.98. The highest BCUT2D eigenvalue weighted by Gasteiger charge is 2.24. The molecule has 1 aliphatic heterocycles. The Hall–Kier alpha value is -1.71. The summed E-state index contributed by atoms with van der Waals surface area (Å²) in [6.07, 6.45) is 2.82. The van der Waals surface area contributed by atoms with Crippen molar-refractivity contribution in [3.8, 4) is 5.75 Å². The number of benzene rings is 1. The Kier molecular flexibility index (Phi) is 5.69. The third-order valence-electron chi connectivity index (χ3n) is 4.26. The smallest absolute Gasteiger partial charge is 0.222 e. The van der Waals surface area contributed by atoms with Gasteiger partial charge in [-0.15, -0.1) is 0 Å². The maximum atomic E-state index is 12.2. The molecule has 4 heteroatoms. The third-order valence-corrected chi connectivity index (χ3v) is 4.26. The maximum absolute atomic E-state index is 12.2. The van der Waals surface area contributed by atoms with Crippen LogP contribution in [0.4, 0.5) is 5.69 Å². The van der Waals surface area contributed by atoms with Crippen LogP contribution in [0.15, 0.2) is 18.2 Å². The number of piperidine rings is 1. The van der Waals surface area contributed by atoms with Crippen LogP contribution >= 0.6 is 0 Å². The molecule has 22 heavy (non-hydrogen) atoms. The molecule has 1 amide bonds. The number of rotatable bonds is 5. The van der Waals surface area contributed by atoms with E-state index in [4.69, 9.17) is 10.5 Å². The van der Waals surface area contributed by atoms with Gasteiger partial charge < -0.3 is 15.4 Å². The van der Waals surface area contributed by atoms with Crippen molar-refractivity contribution in [1.29, 1.82) is 0 Å². The SMILES string of the molecule is Cc1c(N)cccc1OCC1CCCN(C(=O)CC(C)C)C1. The number of carbonyl (C=O) groups is 1. The summed E-state index contributed by atoms with van der Waals surface area (Å²) in [4.78, 5) is 14.2. The Labute approximate surface area is 133 Å². The van der Waals surface area contributed by atoms with Crippen molar-refractivity contribution in [2.24, 2.45) is 11.8 Å². The maximum Gasteiger partial charge on any atom is 0.222 e. The molecule has 1 atom stereocenters. The zero-order valence-corrected chi connectivity index (χ0v) is 14.0. The fourth-order valence-corrected chi connectivity index (χ4v) is 2.90. The number of anilines is 1. The van der Waals surface area contributed by atoms with Gasteiger partial charge in [-0.2, -0.15) is 0 Å². The molecule has 0 radical (unpaired) electrons. The Morgan fingerprint density at radius 3 is 2.95 bits per heavy atom. The molecule has 122 valence electrons. The molecule has 0 aliphatic carbocycles. The van der Waals surface area contributed by atoms with E-state index in [1.54, 1.807) is 0 Å². The van der Waals surface area contributed by atoms with Gasteiger partial charge in [0.15, 0.2) is 0 Å². The van der Waals surface area contributed by atoms with Gasteiger partial charge in [-0.05, 0) is 37.8 Å². The molecule has 0 bridgehead atoms. The van der Waals surface area contributed by atoms with E-state index >= 15 is 0 Å². The first kappa shape index (κ1) is 16.7. The lowest BCUT2D eigenvalue weighted by molar-refractivity contribution is -0.134. The topological polar surface area (TPSA) is 55.6 Å². The van der Waals surface area contributed by atoms with E-state index in [1.165, 1.54) is 0 Å². The largest absolute Gasteiger partial charge is 0.493 e. The highest BCUT2D eigenvalue weighted by atomic mass is 16.5. The Morgan fingerprint density at radius 2 is 2.23 bits per heavy atom. The first-order chi connectivity index (χ1) is 10.5. The molecular formula is C18H28N2O2. The van der Waals surface area contributed by atoms with Crippen molar-refractivity contribution in [3.05, 3.63) is 23.8 Å². The number of hydrogen-bond donors (Lipinski definition) is 1. The van der Waals surface area contributed by atoms with E-state index in [2.05, 4.69) is 13.8 Å². The van der Waals surface area contributed by atoms with Crippen LogP contribution < -0.4 is 10.5 Å². The molecule has 0 saturated carbocycles. The second-order valence-electron chi connectivity index (χ2n) is 6.73. The summed E-state index contributed by atoms with van der Waals surface area (Å²) in [6.45, 7) is 8.50. The van der Waals surface area contributed by atoms with Gasteiger partial charge in [0.25, 0.3) is 0 Å². The Morgan fingerprint density at radius 1 is 1.45 bits per heavy atom. The van der Waals surface area contributed by atoms with Crippen molar-refractivity contribution < 1.29 is 9.53 Å². The first-order valence-corrected chi connectivity index (χ1v) is 8.23.